The van der Waals surface area contributed by atoms with Crippen molar-refractivity contribution < 1.29 is 4.74 Å². The highest BCUT2D eigenvalue weighted by atomic mass is 16.5. The Kier molecular flexibility index (Phi) is 2.75. The summed E-state index contributed by atoms with van der Waals surface area (Å²) in [5.74, 6) is 0.805. The maximum Gasteiger partial charge on any atom is 0.225 e. The largest absolute Gasteiger partial charge is 0.376 e. The van der Waals surface area contributed by atoms with Gasteiger partial charge >= 0.3 is 0 Å². The van der Waals surface area contributed by atoms with Crippen LogP contribution in [0.1, 0.15) is 23.4 Å². The maximum absolute atomic E-state index is 5.78. The average molecular weight is 248 g/mol. The van der Waals surface area contributed by atoms with Crippen molar-refractivity contribution in [2.45, 2.75) is 25.4 Å². The molecule has 0 amide bonds. The van der Waals surface area contributed by atoms with Crippen LogP contribution in [-0.4, -0.2) is 43.8 Å². The summed E-state index contributed by atoms with van der Waals surface area (Å²) in [7, 11) is 3.97. The van der Waals surface area contributed by atoms with Crippen molar-refractivity contribution >= 4 is 5.95 Å². The Bertz CT molecular complexity index is 466. The van der Waals surface area contributed by atoms with Gasteiger partial charge in [-0.05, 0) is 19.9 Å². The molecule has 3 rings (SSSR count). The molecule has 0 aromatic carbocycles. The number of anilines is 1. The number of ether oxygens (including phenoxy) is 1. The SMILES string of the molecule is Cc1nc(N(C)C)nc2c1COCC21CCNC1. The molecule has 1 aromatic heterocycles. The molecule has 0 saturated carbocycles. The Morgan fingerprint density at radius 3 is 2.83 bits per heavy atom. The number of nitrogens with zero attached hydrogens (tertiary/aromatic N) is 3. The highest BCUT2D eigenvalue weighted by Crippen LogP contribution is 2.37. The summed E-state index contributed by atoms with van der Waals surface area (Å²) in [6.45, 7) is 5.48. The number of aryl methyl sites for hydroxylation is 1. The quantitative estimate of drug-likeness (QED) is 0.789. The van der Waals surface area contributed by atoms with Gasteiger partial charge in [-0.25, -0.2) is 9.97 Å². The van der Waals surface area contributed by atoms with Gasteiger partial charge in [-0.15, -0.1) is 0 Å². The predicted octanol–water partition coefficient (Wildman–Crippen LogP) is 0.612. The van der Waals surface area contributed by atoms with Crippen molar-refractivity contribution in [3.8, 4) is 0 Å². The van der Waals surface area contributed by atoms with Crippen molar-refractivity contribution in [3.05, 3.63) is 17.0 Å². The summed E-state index contributed by atoms with van der Waals surface area (Å²) in [6.07, 6.45) is 1.10. The van der Waals surface area contributed by atoms with Crippen LogP contribution in [0.15, 0.2) is 0 Å². The summed E-state index contributed by atoms with van der Waals surface area (Å²) in [4.78, 5) is 11.3. The number of nitrogens with one attached hydrogen (secondary N) is 1. The molecule has 0 bridgehead atoms. The summed E-state index contributed by atoms with van der Waals surface area (Å²) in [5, 5.41) is 3.44. The van der Waals surface area contributed by atoms with Gasteiger partial charge in [-0.2, -0.15) is 0 Å². The van der Waals surface area contributed by atoms with E-state index in [9.17, 15) is 0 Å². The Morgan fingerprint density at radius 1 is 1.33 bits per heavy atom. The highest BCUT2D eigenvalue weighted by molar-refractivity contribution is 5.41. The fraction of sp³-hybridized carbons (Fsp3) is 0.692. The van der Waals surface area contributed by atoms with Gasteiger partial charge in [-0.3, -0.25) is 0 Å². The third-order valence-electron chi connectivity index (χ3n) is 3.97. The van der Waals surface area contributed by atoms with Gasteiger partial charge in [0.1, 0.15) is 0 Å². The zero-order valence-electron chi connectivity index (χ0n) is 11.3. The fourth-order valence-electron chi connectivity index (χ4n) is 2.88. The summed E-state index contributed by atoms with van der Waals surface area (Å²) < 4.78 is 5.78. The molecular weight excluding hydrogens is 228 g/mol. The lowest BCUT2D eigenvalue weighted by Gasteiger charge is -2.34. The molecule has 5 nitrogen and oxygen atoms in total. The van der Waals surface area contributed by atoms with Gasteiger partial charge in [0.25, 0.3) is 0 Å². The summed E-state index contributed by atoms with van der Waals surface area (Å²) >= 11 is 0. The minimum Gasteiger partial charge on any atom is -0.376 e. The fourth-order valence-corrected chi connectivity index (χ4v) is 2.88. The molecule has 3 heterocycles. The van der Waals surface area contributed by atoms with Crippen LogP contribution in [0.2, 0.25) is 0 Å². The van der Waals surface area contributed by atoms with Crippen molar-refractivity contribution in [1.29, 1.82) is 0 Å². The zero-order valence-corrected chi connectivity index (χ0v) is 11.3. The van der Waals surface area contributed by atoms with Gasteiger partial charge in [0.15, 0.2) is 0 Å². The number of fused-ring (bicyclic) bond motifs is 2. The molecule has 1 saturated heterocycles. The maximum atomic E-state index is 5.78. The number of hydrogen-bond acceptors (Lipinski definition) is 5. The molecule has 1 atom stereocenters. The van der Waals surface area contributed by atoms with Crippen LogP contribution < -0.4 is 10.2 Å². The second-order valence-electron chi connectivity index (χ2n) is 5.53. The van der Waals surface area contributed by atoms with Gasteiger partial charge in [-0.1, -0.05) is 0 Å². The van der Waals surface area contributed by atoms with Crippen LogP contribution in [0.25, 0.3) is 0 Å². The summed E-state index contributed by atoms with van der Waals surface area (Å²) in [6, 6.07) is 0. The topological polar surface area (TPSA) is 50.3 Å². The molecule has 5 heteroatoms. The normalized spacial score (nSPS) is 26.4. The molecule has 1 N–H and O–H groups in total. The van der Waals surface area contributed by atoms with Crippen molar-refractivity contribution in [1.82, 2.24) is 15.3 Å². The molecule has 0 radical (unpaired) electrons. The first-order chi connectivity index (χ1) is 8.62. The second kappa shape index (κ2) is 4.17. The molecule has 0 aliphatic carbocycles. The van der Waals surface area contributed by atoms with E-state index in [1.54, 1.807) is 0 Å². The lowest BCUT2D eigenvalue weighted by atomic mass is 9.80. The number of hydrogen-bond donors (Lipinski definition) is 1. The first-order valence-corrected chi connectivity index (χ1v) is 6.46. The zero-order chi connectivity index (χ0) is 12.8. The van der Waals surface area contributed by atoms with E-state index in [1.807, 2.05) is 19.0 Å². The van der Waals surface area contributed by atoms with Crippen LogP contribution in [0.5, 0.6) is 0 Å². The van der Waals surface area contributed by atoms with Crippen molar-refractivity contribution in [3.63, 3.8) is 0 Å². The molecule has 2 aliphatic rings. The van der Waals surface area contributed by atoms with E-state index in [0.717, 1.165) is 37.8 Å². The standard InChI is InChI=1S/C13H20N4O/c1-9-10-6-18-8-13(4-5-14-7-13)11(10)16-12(15-9)17(2)3/h14H,4-8H2,1-3H3. The predicted molar refractivity (Wildman–Crippen MR) is 69.9 cm³/mol. The molecule has 98 valence electrons. The second-order valence-corrected chi connectivity index (χ2v) is 5.53. The molecule has 1 unspecified atom stereocenters. The van der Waals surface area contributed by atoms with Gasteiger partial charge in [0.2, 0.25) is 5.95 Å². The number of rotatable bonds is 1. The minimum absolute atomic E-state index is 0.0616. The first-order valence-electron chi connectivity index (χ1n) is 6.46. The van der Waals surface area contributed by atoms with Gasteiger partial charge in [0, 0.05) is 31.9 Å². The molecule has 1 aromatic rings. The first kappa shape index (κ1) is 11.9. The van der Waals surface area contributed by atoms with E-state index in [4.69, 9.17) is 9.72 Å². The number of aromatic nitrogens is 2. The van der Waals surface area contributed by atoms with Crippen LogP contribution >= 0.6 is 0 Å². The van der Waals surface area contributed by atoms with E-state index in [0.29, 0.717) is 6.61 Å². The molecular formula is C13H20N4O. The molecule has 1 fully saturated rings. The Balaban J connectivity index is 2.14. The molecule has 2 aliphatic heterocycles. The van der Waals surface area contributed by atoms with Crippen LogP contribution in [-0.2, 0) is 16.8 Å². The minimum atomic E-state index is 0.0616. The van der Waals surface area contributed by atoms with E-state index in [-0.39, 0.29) is 5.41 Å². The summed E-state index contributed by atoms with van der Waals surface area (Å²) in [5.41, 5.74) is 3.51. The van der Waals surface area contributed by atoms with Gasteiger partial charge in [0.05, 0.1) is 24.3 Å². The third kappa shape index (κ3) is 1.69. The molecule has 1 spiro atoms. The van der Waals surface area contributed by atoms with Gasteiger partial charge < -0.3 is 15.0 Å². The van der Waals surface area contributed by atoms with Crippen molar-refractivity contribution in [2.24, 2.45) is 0 Å². The smallest absolute Gasteiger partial charge is 0.225 e. The van der Waals surface area contributed by atoms with E-state index < -0.39 is 0 Å². The van der Waals surface area contributed by atoms with Crippen LogP contribution in [0.3, 0.4) is 0 Å². The lowest BCUT2D eigenvalue weighted by molar-refractivity contribution is 0.0545. The lowest BCUT2D eigenvalue weighted by Crippen LogP contribution is -2.40. The monoisotopic (exact) mass is 248 g/mol. The highest BCUT2D eigenvalue weighted by Gasteiger charge is 2.42. The van der Waals surface area contributed by atoms with E-state index in [1.165, 1.54) is 11.3 Å². The average Bonchev–Trinajstić information content (AvgIpc) is 2.79. The Hall–Kier alpha value is -1.20. The van der Waals surface area contributed by atoms with Crippen LogP contribution in [0.4, 0.5) is 5.95 Å². The molecule has 18 heavy (non-hydrogen) atoms. The third-order valence-corrected chi connectivity index (χ3v) is 3.97. The Morgan fingerprint density at radius 2 is 2.17 bits per heavy atom. The van der Waals surface area contributed by atoms with E-state index >= 15 is 0 Å². The van der Waals surface area contributed by atoms with Crippen LogP contribution in [0, 0.1) is 6.92 Å². The van der Waals surface area contributed by atoms with Crippen molar-refractivity contribution in [2.75, 3.05) is 38.7 Å². The van der Waals surface area contributed by atoms with E-state index in [2.05, 4.69) is 17.2 Å². The Labute approximate surface area is 108 Å².